The summed E-state index contributed by atoms with van der Waals surface area (Å²) in [5.41, 5.74) is 1.28. The molecule has 3 heteroatoms. The van der Waals surface area contributed by atoms with E-state index in [1.54, 1.807) is 0 Å². The number of rotatable bonds is 8. The van der Waals surface area contributed by atoms with Gasteiger partial charge in [-0.25, -0.2) is 0 Å². The molecule has 1 unspecified atom stereocenters. The van der Waals surface area contributed by atoms with Crippen LogP contribution in [0.25, 0.3) is 0 Å². The van der Waals surface area contributed by atoms with Gasteiger partial charge < -0.3 is 15.2 Å². The fraction of sp³-hybridized carbons (Fsp3) is 0.571. The highest BCUT2D eigenvalue weighted by atomic mass is 16.5. The normalized spacial score (nSPS) is 17.0. The van der Waals surface area contributed by atoms with E-state index in [-0.39, 0.29) is 6.10 Å². The molecule has 94 valence electrons. The Hall–Kier alpha value is -0.900. The monoisotopic (exact) mass is 235 g/mol. The Morgan fingerprint density at radius 2 is 2.06 bits per heavy atom. The van der Waals surface area contributed by atoms with Gasteiger partial charge in [0.25, 0.3) is 0 Å². The van der Waals surface area contributed by atoms with Crippen molar-refractivity contribution >= 4 is 0 Å². The van der Waals surface area contributed by atoms with E-state index in [4.69, 9.17) is 4.74 Å². The predicted octanol–water partition coefficient (Wildman–Crippen LogP) is 1.36. The molecule has 1 fully saturated rings. The first-order chi connectivity index (χ1) is 8.34. The summed E-state index contributed by atoms with van der Waals surface area (Å²) in [6.07, 6.45) is 3.03. The number of aliphatic hydroxyl groups is 1. The van der Waals surface area contributed by atoms with Crippen LogP contribution in [0.15, 0.2) is 30.3 Å². The molecule has 0 radical (unpaired) electrons. The van der Waals surface area contributed by atoms with Crippen LogP contribution in [0.5, 0.6) is 0 Å². The quantitative estimate of drug-likeness (QED) is 0.668. The van der Waals surface area contributed by atoms with Crippen molar-refractivity contribution in [3.63, 3.8) is 0 Å². The Morgan fingerprint density at radius 3 is 2.76 bits per heavy atom. The molecular weight excluding hydrogens is 214 g/mol. The van der Waals surface area contributed by atoms with Crippen LogP contribution in [0.1, 0.15) is 18.4 Å². The summed E-state index contributed by atoms with van der Waals surface area (Å²) in [7, 11) is 0. The second-order valence-electron chi connectivity index (χ2n) is 4.65. The van der Waals surface area contributed by atoms with E-state index in [1.165, 1.54) is 18.4 Å². The summed E-state index contributed by atoms with van der Waals surface area (Å²) in [4.78, 5) is 0. The number of hydrogen-bond donors (Lipinski definition) is 2. The van der Waals surface area contributed by atoms with Crippen molar-refractivity contribution in [1.29, 1.82) is 0 Å². The highest BCUT2D eigenvalue weighted by Crippen LogP contribution is 2.18. The molecule has 1 aliphatic carbocycles. The molecule has 0 saturated heterocycles. The molecule has 1 saturated carbocycles. The third-order valence-electron chi connectivity index (χ3n) is 2.91. The average Bonchev–Trinajstić information content (AvgIpc) is 3.17. The zero-order chi connectivity index (χ0) is 11.9. The Morgan fingerprint density at radius 1 is 1.29 bits per heavy atom. The Balaban J connectivity index is 1.50. The van der Waals surface area contributed by atoms with E-state index in [9.17, 15) is 5.11 Å². The van der Waals surface area contributed by atoms with Crippen molar-refractivity contribution in [1.82, 2.24) is 5.32 Å². The SMILES string of the molecule is OC(CNC1CC1)COCCc1ccccc1. The van der Waals surface area contributed by atoms with Crippen molar-refractivity contribution < 1.29 is 9.84 Å². The van der Waals surface area contributed by atoms with Gasteiger partial charge in [-0.15, -0.1) is 0 Å². The van der Waals surface area contributed by atoms with Crippen LogP contribution in [-0.2, 0) is 11.2 Å². The lowest BCUT2D eigenvalue weighted by Gasteiger charge is -2.11. The fourth-order valence-corrected chi connectivity index (χ4v) is 1.70. The molecule has 2 rings (SSSR count). The fourth-order valence-electron chi connectivity index (χ4n) is 1.70. The maximum absolute atomic E-state index is 9.64. The van der Waals surface area contributed by atoms with Gasteiger partial charge in [0.05, 0.1) is 19.3 Å². The molecule has 1 aliphatic rings. The highest BCUT2D eigenvalue weighted by molar-refractivity contribution is 5.14. The van der Waals surface area contributed by atoms with Crippen LogP contribution in [0.3, 0.4) is 0 Å². The van der Waals surface area contributed by atoms with E-state index in [1.807, 2.05) is 18.2 Å². The third-order valence-corrected chi connectivity index (χ3v) is 2.91. The minimum atomic E-state index is -0.383. The van der Waals surface area contributed by atoms with Gasteiger partial charge in [-0.2, -0.15) is 0 Å². The molecule has 1 aromatic rings. The molecule has 1 atom stereocenters. The summed E-state index contributed by atoms with van der Waals surface area (Å²) < 4.78 is 5.46. The van der Waals surface area contributed by atoms with Gasteiger partial charge in [0.15, 0.2) is 0 Å². The van der Waals surface area contributed by atoms with Crippen LogP contribution in [-0.4, -0.2) is 37.0 Å². The summed E-state index contributed by atoms with van der Waals surface area (Å²) in [6.45, 7) is 1.74. The van der Waals surface area contributed by atoms with E-state index in [0.717, 1.165) is 6.42 Å². The van der Waals surface area contributed by atoms with Crippen molar-refractivity contribution in [3.8, 4) is 0 Å². The van der Waals surface area contributed by atoms with E-state index < -0.39 is 0 Å². The average molecular weight is 235 g/mol. The van der Waals surface area contributed by atoms with Gasteiger partial charge in [0, 0.05) is 12.6 Å². The number of aliphatic hydroxyl groups excluding tert-OH is 1. The Labute approximate surface area is 103 Å². The van der Waals surface area contributed by atoms with Crippen molar-refractivity contribution in [2.24, 2.45) is 0 Å². The van der Waals surface area contributed by atoms with Crippen molar-refractivity contribution in [3.05, 3.63) is 35.9 Å². The Bertz CT molecular complexity index is 311. The van der Waals surface area contributed by atoms with E-state index in [2.05, 4.69) is 17.4 Å². The first kappa shape index (κ1) is 12.6. The minimum absolute atomic E-state index is 0.383. The molecule has 1 aromatic carbocycles. The Kier molecular flexibility index (Phi) is 4.98. The molecule has 0 amide bonds. The van der Waals surface area contributed by atoms with Crippen molar-refractivity contribution in [2.75, 3.05) is 19.8 Å². The molecule has 0 bridgehead atoms. The third kappa shape index (κ3) is 5.31. The second-order valence-corrected chi connectivity index (χ2v) is 4.65. The number of ether oxygens (including phenoxy) is 1. The van der Waals surface area contributed by atoms with Gasteiger partial charge in [0.2, 0.25) is 0 Å². The number of nitrogens with one attached hydrogen (secondary N) is 1. The largest absolute Gasteiger partial charge is 0.389 e. The van der Waals surface area contributed by atoms with Gasteiger partial charge in [-0.05, 0) is 24.8 Å². The molecule has 0 aliphatic heterocycles. The smallest absolute Gasteiger partial charge is 0.0897 e. The van der Waals surface area contributed by atoms with Crippen LogP contribution in [0, 0.1) is 0 Å². The van der Waals surface area contributed by atoms with Gasteiger partial charge in [-0.3, -0.25) is 0 Å². The zero-order valence-electron chi connectivity index (χ0n) is 10.1. The lowest BCUT2D eigenvalue weighted by atomic mass is 10.2. The van der Waals surface area contributed by atoms with E-state index in [0.29, 0.717) is 25.8 Å². The topological polar surface area (TPSA) is 41.5 Å². The molecular formula is C14H21NO2. The minimum Gasteiger partial charge on any atom is -0.389 e. The summed E-state index contributed by atoms with van der Waals surface area (Å²) >= 11 is 0. The summed E-state index contributed by atoms with van der Waals surface area (Å²) in [6, 6.07) is 10.9. The molecule has 2 N–H and O–H groups in total. The van der Waals surface area contributed by atoms with Gasteiger partial charge >= 0.3 is 0 Å². The van der Waals surface area contributed by atoms with Gasteiger partial charge in [-0.1, -0.05) is 30.3 Å². The van der Waals surface area contributed by atoms with Crippen LogP contribution in [0.2, 0.25) is 0 Å². The van der Waals surface area contributed by atoms with Gasteiger partial charge in [0.1, 0.15) is 0 Å². The first-order valence-electron chi connectivity index (χ1n) is 6.38. The molecule has 0 spiro atoms. The van der Waals surface area contributed by atoms with Crippen LogP contribution in [0.4, 0.5) is 0 Å². The predicted molar refractivity (Wildman–Crippen MR) is 68.0 cm³/mol. The maximum Gasteiger partial charge on any atom is 0.0897 e. The zero-order valence-corrected chi connectivity index (χ0v) is 10.1. The summed E-state index contributed by atoms with van der Waals surface area (Å²) in [5.74, 6) is 0. The standard InChI is InChI=1S/C14H21NO2/c16-14(10-15-13-6-7-13)11-17-9-8-12-4-2-1-3-5-12/h1-5,13-16H,6-11H2. The maximum atomic E-state index is 9.64. The van der Waals surface area contributed by atoms with Crippen LogP contribution < -0.4 is 5.32 Å². The number of benzene rings is 1. The van der Waals surface area contributed by atoms with E-state index >= 15 is 0 Å². The molecule has 0 aromatic heterocycles. The first-order valence-corrected chi connectivity index (χ1v) is 6.38. The second kappa shape index (κ2) is 6.74. The lowest BCUT2D eigenvalue weighted by molar-refractivity contribution is 0.0382. The molecule has 0 heterocycles. The molecule has 17 heavy (non-hydrogen) atoms. The molecule has 3 nitrogen and oxygen atoms in total. The highest BCUT2D eigenvalue weighted by Gasteiger charge is 2.21. The number of hydrogen-bond acceptors (Lipinski definition) is 3. The van der Waals surface area contributed by atoms with Crippen molar-refractivity contribution in [2.45, 2.75) is 31.4 Å². The van der Waals surface area contributed by atoms with Crippen LogP contribution >= 0.6 is 0 Å². The lowest BCUT2D eigenvalue weighted by Crippen LogP contribution is -2.31. The summed E-state index contributed by atoms with van der Waals surface area (Å²) in [5, 5.41) is 12.9.